The van der Waals surface area contributed by atoms with E-state index in [0.717, 1.165) is 39.2 Å². The minimum Gasteiger partial charge on any atom is -0.258 e. The van der Waals surface area contributed by atoms with Gasteiger partial charge in [0.15, 0.2) is 5.82 Å². The molecule has 0 bridgehead atoms. The molecule has 4 rings (SSSR count). The zero-order valence-corrected chi connectivity index (χ0v) is 14.8. The maximum atomic E-state index is 4.64. The lowest BCUT2D eigenvalue weighted by Crippen LogP contribution is -1.83. The van der Waals surface area contributed by atoms with Crippen LogP contribution in [0.5, 0.6) is 0 Å². The van der Waals surface area contributed by atoms with Crippen LogP contribution in [0.1, 0.15) is 17.5 Å². The quantitative estimate of drug-likeness (QED) is 0.517. The van der Waals surface area contributed by atoms with Crippen molar-refractivity contribution in [3.63, 3.8) is 0 Å². The van der Waals surface area contributed by atoms with Crippen molar-refractivity contribution in [1.29, 1.82) is 0 Å². The molecule has 2 aromatic carbocycles. The van der Waals surface area contributed by atoms with E-state index in [-0.39, 0.29) is 0 Å². The third kappa shape index (κ3) is 3.20. The number of hydrogen-bond donors (Lipinski definition) is 1. The zero-order valence-electron chi connectivity index (χ0n) is 13.2. The van der Waals surface area contributed by atoms with E-state index in [4.69, 9.17) is 0 Å². The number of H-pyrrole nitrogens is 1. The van der Waals surface area contributed by atoms with Crippen molar-refractivity contribution in [2.45, 2.75) is 24.3 Å². The van der Waals surface area contributed by atoms with Crippen LogP contribution < -0.4 is 0 Å². The second-order valence-electron chi connectivity index (χ2n) is 5.38. The van der Waals surface area contributed by atoms with E-state index in [1.807, 2.05) is 18.2 Å². The molecule has 24 heavy (non-hydrogen) atoms. The highest BCUT2D eigenvalue weighted by atomic mass is 32.2. The van der Waals surface area contributed by atoms with E-state index in [9.17, 15) is 0 Å². The van der Waals surface area contributed by atoms with Crippen molar-refractivity contribution in [2.75, 3.05) is 0 Å². The van der Waals surface area contributed by atoms with Crippen molar-refractivity contribution in [3.8, 4) is 11.4 Å². The molecule has 120 valence electrons. The summed E-state index contributed by atoms with van der Waals surface area (Å²) in [7, 11) is 0. The maximum Gasteiger partial charge on any atom is 0.209 e. The lowest BCUT2D eigenvalue weighted by Gasteiger charge is -1.98. The number of nitrogens with one attached hydrogen (secondary N) is 1. The van der Waals surface area contributed by atoms with Gasteiger partial charge in [-0.25, -0.2) is 9.97 Å². The van der Waals surface area contributed by atoms with Gasteiger partial charge in [-0.05, 0) is 24.1 Å². The third-order valence-corrected chi connectivity index (χ3v) is 5.84. The fourth-order valence-electron chi connectivity index (χ4n) is 2.45. The average molecular weight is 352 g/mol. The molecule has 2 aromatic heterocycles. The second-order valence-corrected chi connectivity index (χ2v) is 7.44. The largest absolute Gasteiger partial charge is 0.258 e. The topological polar surface area (TPSA) is 54.5 Å². The molecule has 0 unspecified atom stereocenters. The molecule has 0 spiro atoms. The van der Waals surface area contributed by atoms with Crippen molar-refractivity contribution >= 4 is 33.3 Å². The molecular formula is C18H16N4S2. The number of aromatic amines is 1. The van der Waals surface area contributed by atoms with Crippen LogP contribution in [0.2, 0.25) is 0 Å². The number of hydrogen-bond acceptors (Lipinski definition) is 5. The van der Waals surface area contributed by atoms with Crippen LogP contribution >= 0.6 is 23.1 Å². The van der Waals surface area contributed by atoms with E-state index < -0.39 is 0 Å². The van der Waals surface area contributed by atoms with Crippen LogP contribution in [-0.4, -0.2) is 20.2 Å². The van der Waals surface area contributed by atoms with Crippen molar-refractivity contribution in [2.24, 2.45) is 0 Å². The van der Waals surface area contributed by atoms with Crippen LogP contribution in [0.15, 0.2) is 53.7 Å². The van der Waals surface area contributed by atoms with Gasteiger partial charge in [-0.1, -0.05) is 55.1 Å². The number of nitrogens with zero attached hydrogens (tertiary/aromatic N) is 3. The Bertz CT molecular complexity index is 923. The van der Waals surface area contributed by atoms with Gasteiger partial charge in [0, 0.05) is 5.56 Å². The summed E-state index contributed by atoms with van der Waals surface area (Å²) < 4.78 is 1.22. The standard InChI is InChI=1S/C18H16N4S2/c1-2-12-7-9-13(10-8-12)17-20-18(22-21-17)23-11-16-19-14-5-3-4-6-15(14)24-16/h3-10H,2,11H2,1H3,(H,20,21,22). The van der Waals surface area contributed by atoms with E-state index >= 15 is 0 Å². The van der Waals surface area contributed by atoms with E-state index in [0.29, 0.717) is 0 Å². The molecular weight excluding hydrogens is 336 g/mol. The summed E-state index contributed by atoms with van der Waals surface area (Å²) in [5.41, 5.74) is 3.44. The first-order valence-corrected chi connectivity index (χ1v) is 9.61. The Morgan fingerprint density at radius 2 is 1.88 bits per heavy atom. The van der Waals surface area contributed by atoms with Crippen LogP contribution in [0, 0.1) is 0 Å². The van der Waals surface area contributed by atoms with Gasteiger partial charge in [0.05, 0.1) is 16.0 Å². The van der Waals surface area contributed by atoms with Gasteiger partial charge in [0.25, 0.3) is 0 Å². The van der Waals surface area contributed by atoms with Gasteiger partial charge in [-0.2, -0.15) is 0 Å². The van der Waals surface area contributed by atoms with Gasteiger partial charge >= 0.3 is 0 Å². The number of rotatable bonds is 5. The maximum absolute atomic E-state index is 4.64. The van der Waals surface area contributed by atoms with E-state index in [1.54, 1.807) is 23.1 Å². The predicted octanol–water partition coefficient (Wildman–Crippen LogP) is 4.94. The van der Waals surface area contributed by atoms with Crippen molar-refractivity contribution in [1.82, 2.24) is 20.2 Å². The molecule has 0 aliphatic carbocycles. The molecule has 0 fully saturated rings. The first kappa shape index (κ1) is 15.4. The summed E-state index contributed by atoms with van der Waals surface area (Å²) in [6.07, 6.45) is 1.04. The van der Waals surface area contributed by atoms with E-state index in [2.05, 4.69) is 57.4 Å². The molecule has 4 nitrogen and oxygen atoms in total. The number of para-hydroxylation sites is 1. The summed E-state index contributed by atoms with van der Waals surface area (Å²) in [4.78, 5) is 9.22. The number of thiazole rings is 1. The molecule has 0 radical (unpaired) electrons. The highest BCUT2D eigenvalue weighted by molar-refractivity contribution is 7.98. The Balaban J connectivity index is 1.46. The molecule has 2 heterocycles. The van der Waals surface area contributed by atoms with E-state index in [1.165, 1.54) is 10.3 Å². The highest BCUT2D eigenvalue weighted by Gasteiger charge is 2.09. The summed E-state index contributed by atoms with van der Waals surface area (Å²) in [5, 5.41) is 9.18. The molecule has 0 aliphatic rings. The number of aromatic nitrogens is 4. The number of thioether (sulfide) groups is 1. The minimum absolute atomic E-state index is 0.754. The molecule has 4 aromatic rings. The molecule has 6 heteroatoms. The van der Waals surface area contributed by atoms with Gasteiger partial charge in [-0.15, -0.1) is 16.4 Å². The first-order chi connectivity index (χ1) is 11.8. The third-order valence-electron chi connectivity index (χ3n) is 3.76. The van der Waals surface area contributed by atoms with Gasteiger partial charge < -0.3 is 0 Å². The second kappa shape index (κ2) is 6.75. The molecule has 0 aliphatic heterocycles. The highest BCUT2D eigenvalue weighted by Crippen LogP contribution is 2.27. The monoisotopic (exact) mass is 352 g/mol. The minimum atomic E-state index is 0.754. The summed E-state index contributed by atoms with van der Waals surface area (Å²) >= 11 is 3.33. The SMILES string of the molecule is CCc1ccc(-c2nc(SCc3nc4ccccc4s3)n[nH]2)cc1. The number of aryl methyl sites for hydroxylation is 1. The Morgan fingerprint density at radius 1 is 1.04 bits per heavy atom. The normalized spacial score (nSPS) is 11.2. The first-order valence-electron chi connectivity index (χ1n) is 7.81. The summed E-state index contributed by atoms with van der Waals surface area (Å²) in [6, 6.07) is 16.6. The Labute approximate surface area is 148 Å². The fraction of sp³-hybridized carbons (Fsp3) is 0.167. The van der Waals surface area contributed by atoms with Crippen LogP contribution in [-0.2, 0) is 12.2 Å². The number of benzene rings is 2. The number of fused-ring (bicyclic) bond motifs is 1. The fourth-order valence-corrected chi connectivity index (χ4v) is 4.20. The predicted molar refractivity (Wildman–Crippen MR) is 100 cm³/mol. The van der Waals surface area contributed by atoms with Crippen molar-refractivity contribution < 1.29 is 0 Å². The molecule has 0 amide bonds. The Morgan fingerprint density at radius 3 is 2.67 bits per heavy atom. The van der Waals surface area contributed by atoms with Crippen molar-refractivity contribution in [3.05, 3.63) is 59.1 Å². The smallest absolute Gasteiger partial charge is 0.209 e. The van der Waals surface area contributed by atoms with Crippen LogP contribution in [0.4, 0.5) is 0 Å². The van der Waals surface area contributed by atoms with Crippen LogP contribution in [0.3, 0.4) is 0 Å². The van der Waals surface area contributed by atoms with Crippen LogP contribution in [0.25, 0.3) is 21.6 Å². The molecule has 0 saturated carbocycles. The van der Waals surface area contributed by atoms with Gasteiger partial charge in [-0.3, -0.25) is 5.10 Å². The molecule has 0 saturated heterocycles. The van der Waals surface area contributed by atoms with Gasteiger partial charge in [0.1, 0.15) is 5.01 Å². The molecule has 1 N–H and O–H groups in total. The Hall–Kier alpha value is -2.18. The summed E-state index contributed by atoms with van der Waals surface area (Å²) in [5.74, 6) is 1.59. The zero-order chi connectivity index (χ0) is 16.4. The van der Waals surface area contributed by atoms with Gasteiger partial charge in [0.2, 0.25) is 5.16 Å². The lowest BCUT2D eigenvalue weighted by molar-refractivity contribution is 0.973. The summed E-state index contributed by atoms with van der Waals surface area (Å²) in [6.45, 7) is 2.15. The molecule has 0 atom stereocenters. The lowest BCUT2D eigenvalue weighted by atomic mass is 10.1. The Kier molecular flexibility index (Phi) is 4.32. The average Bonchev–Trinajstić information content (AvgIpc) is 3.26.